The fraction of sp³-hybridized carbons (Fsp3) is 0.312. The van der Waals surface area contributed by atoms with E-state index < -0.39 is 0 Å². The van der Waals surface area contributed by atoms with Crippen molar-refractivity contribution >= 4 is 29.1 Å². The maximum Gasteiger partial charge on any atom is 0.227 e. The van der Waals surface area contributed by atoms with Crippen LogP contribution in [-0.4, -0.2) is 18.5 Å². The molecule has 2 aromatic rings. The molecule has 2 atom stereocenters. The quantitative estimate of drug-likeness (QED) is 0.910. The summed E-state index contributed by atoms with van der Waals surface area (Å²) in [5, 5.41) is 5.26. The van der Waals surface area contributed by atoms with Crippen LogP contribution in [0.25, 0.3) is 10.8 Å². The van der Waals surface area contributed by atoms with E-state index in [-0.39, 0.29) is 30.3 Å². The van der Waals surface area contributed by atoms with Crippen LogP contribution in [0.4, 0.5) is 0 Å². The van der Waals surface area contributed by atoms with Gasteiger partial charge in [0.05, 0.1) is 5.92 Å². The fourth-order valence-corrected chi connectivity index (χ4v) is 2.06. The van der Waals surface area contributed by atoms with Gasteiger partial charge in [-0.3, -0.25) is 4.79 Å². The first-order chi connectivity index (χ1) is 9.11. The van der Waals surface area contributed by atoms with Crippen LogP contribution < -0.4 is 11.1 Å². The van der Waals surface area contributed by atoms with Crippen LogP contribution in [0.2, 0.25) is 0 Å². The average molecular weight is 293 g/mol. The molecule has 0 heterocycles. The Morgan fingerprint density at radius 3 is 2.45 bits per heavy atom. The van der Waals surface area contributed by atoms with Crippen LogP contribution in [-0.2, 0) is 4.79 Å². The standard InChI is InChI=1S/C16H20N2O.ClH/c1-11(10-17)18-16(19)12(2)14-8-7-13-5-3-4-6-15(13)9-14;/h3-9,11-12H,10,17H2,1-2H3,(H,18,19);1H/t11-,12?;/m0./s1. The number of amides is 1. The molecule has 0 aliphatic carbocycles. The smallest absolute Gasteiger partial charge is 0.227 e. The summed E-state index contributed by atoms with van der Waals surface area (Å²) < 4.78 is 0. The van der Waals surface area contributed by atoms with Crippen LogP contribution in [0.1, 0.15) is 25.3 Å². The second-order valence-electron chi connectivity index (χ2n) is 4.97. The number of nitrogens with one attached hydrogen (secondary N) is 1. The van der Waals surface area contributed by atoms with Crippen molar-refractivity contribution in [1.29, 1.82) is 0 Å². The molecule has 0 aliphatic rings. The monoisotopic (exact) mass is 292 g/mol. The lowest BCUT2D eigenvalue weighted by atomic mass is 9.97. The molecule has 0 spiro atoms. The zero-order valence-corrected chi connectivity index (χ0v) is 12.6. The van der Waals surface area contributed by atoms with Gasteiger partial charge in [0, 0.05) is 12.6 Å². The highest BCUT2D eigenvalue weighted by Gasteiger charge is 2.16. The Hall–Kier alpha value is -1.58. The van der Waals surface area contributed by atoms with Crippen LogP contribution in [0.3, 0.4) is 0 Å². The molecule has 0 bridgehead atoms. The van der Waals surface area contributed by atoms with Crippen molar-refractivity contribution in [2.75, 3.05) is 6.54 Å². The van der Waals surface area contributed by atoms with E-state index in [9.17, 15) is 4.79 Å². The van der Waals surface area contributed by atoms with Crippen molar-refractivity contribution < 1.29 is 4.79 Å². The Bertz CT molecular complexity index is 585. The molecule has 0 fully saturated rings. The molecule has 0 saturated carbocycles. The van der Waals surface area contributed by atoms with Crippen molar-refractivity contribution in [1.82, 2.24) is 5.32 Å². The minimum absolute atomic E-state index is 0. The number of nitrogens with two attached hydrogens (primary N) is 1. The third-order valence-corrected chi connectivity index (χ3v) is 3.41. The van der Waals surface area contributed by atoms with E-state index >= 15 is 0 Å². The summed E-state index contributed by atoms with van der Waals surface area (Å²) in [6.45, 7) is 4.28. The molecule has 0 radical (unpaired) electrons. The number of fused-ring (bicyclic) bond motifs is 1. The van der Waals surface area contributed by atoms with Gasteiger partial charge in [-0.1, -0.05) is 42.5 Å². The third-order valence-electron chi connectivity index (χ3n) is 3.41. The van der Waals surface area contributed by atoms with E-state index in [0.29, 0.717) is 6.54 Å². The number of hydrogen-bond acceptors (Lipinski definition) is 2. The summed E-state index contributed by atoms with van der Waals surface area (Å²) in [6, 6.07) is 14.3. The number of carbonyl (C=O) groups excluding carboxylic acids is 1. The number of carbonyl (C=O) groups is 1. The molecule has 3 nitrogen and oxygen atoms in total. The first-order valence-corrected chi connectivity index (χ1v) is 6.61. The Kier molecular flexibility index (Phi) is 5.99. The van der Waals surface area contributed by atoms with Crippen molar-refractivity contribution in [3.8, 4) is 0 Å². The molecule has 1 unspecified atom stereocenters. The summed E-state index contributed by atoms with van der Waals surface area (Å²) >= 11 is 0. The van der Waals surface area contributed by atoms with Gasteiger partial charge in [0.15, 0.2) is 0 Å². The maximum absolute atomic E-state index is 12.1. The highest BCUT2D eigenvalue weighted by Crippen LogP contribution is 2.21. The molecular weight excluding hydrogens is 272 g/mol. The first kappa shape index (κ1) is 16.5. The van der Waals surface area contributed by atoms with E-state index in [1.807, 2.05) is 32.0 Å². The zero-order chi connectivity index (χ0) is 13.8. The Morgan fingerprint density at radius 1 is 1.15 bits per heavy atom. The molecule has 108 valence electrons. The largest absolute Gasteiger partial charge is 0.352 e. The molecule has 1 amide bonds. The van der Waals surface area contributed by atoms with E-state index in [1.165, 1.54) is 5.39 Å². The van der Waals surface area contributed by atoms with Gasteiger partial charge >= 0.3 is 0 Å². The Morgan fingerprint density at radius 2 is 1.80 bits per heavy atom. The highest BCUT2D eigenvalue weighted by molar-refractivity contribution is 5.87. The van der Waals surface area contributed by atoms with Crippen molar-refractivity contribution in [3.05, 3.63) is 48.0 Å². The van der Waals surface area contributed by atoms with Crippen molar-refractivity contribution in [2.45, 2.75) is 25.8 Å². The second-order valence-corrected chi connectivity index (χ2v) is 4.97. The number of halogens is 1. The van der Waals surface area contributed by atoms with Crippen LogP contribution in [0, 0.1) is 0 Å². The Balaban J connectivity index is 0.00000200. The van der Waals surface area contributed by atoms with Gasteiger partial charge in [-0.2, -0.15) is 0 Å². The molecule has 20 heavy (non-hydrogen) atoms. The molecule has 0 aromatic heterocycles. The molecule has 2 rings (SSSR count). The van der Waals surface area contributed by atoms with Gasteiger partial charge in [-0.15, -0.1) is 12.4 Å². The van der Waals surface area contributed by atoms with Crippen LogP contribution in [0.15, 0.2) is 42.5 Å². The van der Waals surface area contributed by atoms with Gasteiger partial charge in [-0.25, -0.2) is 0 Å². The normalized spacial score (nSPS) is 13.3. The predicted octanol–water partition coefficient (Wildman–Crippen LogP) is 2.83. The number of benzene rings is 2. The minimum atomic E-state index is -0.168. The summed E-state index contributed by atoms with van der Waals surface area (Å²) in [5.41, 5.74) is 6.55. The predicted molar refractivity (Wildman–Crippen MR) is 86.3 cm³/mol. The number of hydrogen-bond donors (Lipinski definition) is 2. The third kappa shape index (κ3) is 3.71. The van der Waals surface area contributed by atoms with Gasteiger partial charge in [0.25, 0.3) is 0 Å². The van der Waals surface area contributed by atoms with Gasteiger partial charge in [-0.05, 0) is 30.2 Å². The molecule has 0 aliphatic heterocycles. The van der Waals surface area contributed by atoms with E-state index in [1.54, 1.807) is 0 Å². The lowest BCUT2D eigenvalue weighted by Crippen LogP contribution is -2.39. The molecule has 2 aromatic carbocycles. The Labute approximate surface area is 126 Å². The van der Waals surface area contributed by atoms with E-state index in [4.69, 9.17) is 5.73 Å². The molecule has 3 N–H and O–H groups in total. The van der Waals surface area contributed by atoms with Crippen molar-refractivity contribution in [3.63, 3.8) is 0 Å². The first-order valence-electron chi connectivity index (χ1n) is 6.61. The van der Waals surface area contributed by atoms with Crippen LogP contribution >= 0.6 is 12.4 Å². The topological polar surface area (TPSA) is 55.1 Å². The lowest BCUT2D eigenvalue weighted by Gasteiger charge is -2.16. The average Bonchev–Trinajstić information content (AvgIpc) is 2.45. The van der Waals surface area contributed by atoms with Gasteiger partial charge in [0.2, 0.25) is 5.91 Å². The summed E-state index contributed by atoms with van der Waals surface area (Å²) in [7, 11) is 0. The SMILES string of the molecule is CC(C(=O)N[C@@H](C)CN)c1ccc2ccccc2c1.Cl. The summed E-state index contributed by atoms with van der Waals surface area (Å²) in [5.74, 6) is -0.146. The molecule has 4 heteroatoms. The van der Waals surface area contributed by atoms with E-state index in [0.717, 1.165) is 10.9 Å². The summed E-state index contributed by atoms with van der Waals surface area (Å²) in [4.78, 5) is 12.1. The molecular formula is C16H21ClN2O. The summed E-state index contributed by atoms with van der Waals surface area (Å²) in [6.07, 6.45) is 0. The maximum atomic E-state index is 12.1. The fourth-order valence-electron chi connectivity index (χ4n) is 2.06. The number of rotatable bonds is 4. The van der Waals surface area contributed by atoms with Crippen molar-refractivity contribution in [2.24, 2.45) is 5.73 Å². The zero-order valence-electron chi connectivity index (χ0n) is 11.8. The van der Waals surface area contributed by atoms with E-state index in [2.05, 4.69) is 29.6 Å². The minimum Gasteiger partial charge on any atom is -0.352 e. The lowest BCUT2D eigenvalue weighted by molar-refractivity contribution is -0.122. The highest BCUT2D eigenvalue weighted by atomic mass is 35.5. The van der Waals surface area contributed by atoms with Crippen LogP contribution in [0.5, 0.6) is 0 Å². The van der Waals surface area contributed by atoms with Gasteiger partial charge < -0.3 is 11.1 Å². The molecule has 0 saturated heterocycles. The van der Waals surface area contributed by atoms with Gasteiger partial charge in [0.1, 0.15) is 0 Å². The second kappa shape index (κ2) is 7.27.